The van der Waals surface area contributed by atoms with E-state index in [1.807, 2.05) is 0 Å². The number of hydrogen-bond donors (Lipinski definition) is 0. The van der Waals surface area contributed by atoms with Gasteiger partial charge in [-0.25, -0.2) is 0 Å². The van der Waals surface area contributed by atoms with Crippen LogP contribution in [-0.2, 0) is 0 Å². The molecular weight excluding hydrogens is 302 g/mol. The van der Waals surface area contributed by atoms with Crippen molar-refractivity contribution in [2.24, 2.45) is 0 Å². The van der Waals surface area contributed by atoms with Crippen LogP contribution in [0.3, 0.4) is 0 Å². The van der Waals surface area contributed by atoms with Crippen molar-refractivity contribution in [2.45, 2.75) is 130 Å². The molecule has 0 unspecified atom stereocenters. The molecule has 1 nitrogen and oxygen atoms in total. The molecular formula is C24H49N. The van der Waals surface area contributed by atoms with E-state index in [1.165, 1.54) is 122 Å². The SMILES string of the molecule is CCCCCCC=CN(CCCCCCCC)CCCCCCCC. The summed E-state index contributed by atoms with van der Waals surface area (Å²) in [6.07, 6.45) is 28.5. The van der Waals surface area contributed by atoms with E-state index < -0.39 is 0 Å². The fourth-order valence-electron chi connectivity index (χ4n) is 3.36. The van der Waals surface area contributed by atoms with Crippen LogP contribution in [0.15, 0.2) is 12.3 Å². The van der Waals surface area contributed by atoms with E-state index in [-0.39, 0.29) is 0 Å². The second kappa shape index (κ2) is 21.6. The third-order valence-electron chi connectivity index (χ3n) is 5.14. The summed E-state index contributed by atoms with van der Waals surface area (Å²) < 4.78 is 0. The number of allylic oxidation sites excluding steroid dienone is 1. The quantitative estimate of drug-likeness (QED) is 0.199. The molecule has 0 bridgehead atoms. The predicted octanol–water partition coefficient (Wildman–Crippen LogP) is 8.49. The Kier molecular flexibility index (Phi) is 21.2. The Labute approximate surface area is 160 Å². The van der Waals surface area contributed by atoms with Gasteiger partial charge < -0.3 is 4.90 Å². The molecule has 0 radical (unpaired) electrons. The number of unbranched alkanes of at least 4 members (excludes halogenated alkanes) is 14. The Balaban J connectivity index is 3.89. The van der Waals surface area contributed by atoms with Crippen molar-refractivity contribution in [3.05, 3.63) is 12.3 Å². The molecule has 0 spiro atoms. The van der Waals surface area contributed by atoms with Gasteiger partial charge in [-0.05, 0) is 31.9 Å². The largest absolute Gasteiger partial charge is 0.378 e. The van der Waals surface area contributed by atoms with E-state index in [1.54, 1.807) is 0 Å². The molecule has 1 heteroatoms. The lowest BCUT2D eigenvalue weighted by atomic mass is 10.1. The first-order valence-electron chi connectivity index (χ1n) is 11.8. The predicted molar refractivity (Wildman–Crippen MR) is 116 cm³/mol. The van der Waals surface area contributed by atoms with Gasteiger partial charge in [-0.1, -0.05) is 110 Å². The first-order chi connectivity index (χ1) is 12.3. The fourth-order valence-corrected chi connectivity index (χ4v) is 3.36. The van der Waals surface area contributed by atoms with Crippen molar-refractivity contribution in [2.75, 3.05) is 13.1 Å². The van der Waals surface area contributed by atoms with Gasteiger partial charge in [0.15, 0.2) is 0 Å². The summed E-state index contributed by atoms with van der Waals surface area (Å²) >= 11 is 0. The highest BCUT2D eigenvalue weighted by Gasteiger charge is 2.00. The standard InChI is InChI=1S/C24H49N/c1-4-7-10-13-16-19-22-25(23-20-17-14-11-8-5-2)24-21-18-15-12-9-6-3/h19,22H,4-18,20-21,23-24H2,1-3H3. The van der Waals surface area contributed by atoms with Crippen LogP contribution in [0.25, 0.3) is 0 Å². The molecule has 0 atom stereocenters. The van der Waals surface area contributed by atoms with Crippen LogP contribution in [0.2, 0.25) is 0 Å². The molecule has 0 aliphatic heterocycles. The normalized spacial score (nSPS) is 11.5. The van der Waals surface area contributed by atoms with Crippen LogP contribution in [0, 0.1) is 0 Å². The van der Waals surface area contributed by atoms with Crippen LogP contribution in [0.5, 0.6) is 0 Å². The topological polar surface area (TPSA) is 3.24 Å². The van der Waals surface area contributed by atoms with Gasteiger partial charge in [-0.2, -0.15) is 0 Å². The van der Waals surface area contributed by atoms with Gasteiger partial charge in [0.25, 0.3) is 0 Å². The molecule has 0 fully saturated rings. The van der Waals surface area contributed by atoms with E-state index >= 15 is 0 Å². The lowest BCUT2D eigenvalue weighted by Crippen LogP contribution is -2.20. The molecule has 0 amide bonds. The maximum atomic E-state index is 2.61. The Morgan fingerprint density at radius 1 is 0.480 bits per heavy atom. The van der Waals surface area contributed by atoms with Crippen molar-refractivity contribution >= 4 is 0 Å². The highest BCUT2D eigenvalue weighted by Crippen LogP contribution is 2.10. The van der Waals surface area contributed by atoms with Gasteiger partial charge in [0.1, 0.15) is 0 Å². The van der Waals surface area contributed by atoms with Gasteiger partial charge in [0.2, 0.25) is 0 Å². The summed E-state index contributed by atoms with van der Waals surface area (Å²) in [5.74, 6) is 0. The van der Waals surface area contributed by atoms with Crippen molar-refractivity contribution in [1.82, 2.24) is 4.90 Å². The van der Waals surface area contributed by atoms with Crippen molar-refractivity contribution in [1.29, 1.82) is 0 Å². The summed E-state index contributed by atoms with van der Waals surface area (Å²) in [6.45, 7) is 9.43. The van der Waals surface area contributed by atoms with Gasteiger partial charge >= 0.3 is 0 Å². The molecule has 150 valence electrons. The minimum absolute atomic E-state index is 1.27. The average Bonchev–Trinajstić information content (AvgIpc) is 2.63. The highest BCUT2D eigenvalue weighted by atomic mass is 15.1. The van der Waals surface area contributed by atoms with Crippen LogP contribution in [-0.4, -0.2) is 18.0 Å². The zero-order chi connectivity index (χ0) is 18.4. The molecule has 0 aliphatic carbocycles. The highest BCUT2D eigenvalue weighted by molar-refractivity contribution is 4.82. The first kappa shape index (κ1) is 24.5. The molecule has 0 aromatic carbocycles. The first-order valence-corrected chi connectivity index (χ1v) is 11.8. The summed E-state index contributed by atoms with van der Waals surface area (Å²) in [4.78, 5) is 2.61. The van der Waals surface area contributed by atoms with E-state index in [0.29, 0.717) is 0 Å². The Morgan fingerprint density at radius 2 is 0.880 bits per heavy atom. The Bertz CT molecular complexity index is 243. The van der Waals surface area contributed by atoms with Gasteiger partial charge in [-0.15, -0.1) is 0 Å². The number of rotatable bonds is 20. The van der Waals surface area contributed by atoms with E-state index in [0.717, 1.165) is 0 Å². The van der Waals surface area contributed by atoms with Gasteiger partial charge in [0.05, 0.1) is 0 Å². The lowest BCUT2D eigenvalue weighted by molar-refractivity contribution is 0.348. The zero-order valence-electron chi connectivity index (χ0n) is 18.0. The summed E-state index contributed by atoms with van der Waals surface area (Å²) in [7, 11) is 0. The third-order valence-corrected chi connectivity index (χ3v) is 5.14. The maximum absolute atomic E-state index is 2.61. The van der Waals surface area contributed by atoms with Crippen molar-refractivity contribution in [3.63, 3.8) is 0 Å². The van der Waals surface area contributed by atoms with Crippen LogP contribution >= 0.6 is 0 Å². The molecule has 0 aromatic rings. The smallest absolute Gasteiger partial charge is 0.0172 e. The monoisotopic (exact) mass is 351 g/mol. The molecule has 0 saturated heterocycles. The summed E-state index contributed by atoms with van der Waals surface area (Å²) in [5, 5.41) is 0. The molecule has 0 aromatic heterocycles. The van der Waals surface area contributed by atoms with Crippen molar-refractivity contribution in [3.8, 4) is 0 Å². The molecule has 0 aliphatic rings. The average molecular weight is 352 g/mol. The minimum Gasteiger partial charge on any atom is -0.378 e. The molecule has 0 heterocycles. The van der Waals surface area contributed by atoms with Gasteiger partial charge in [0, 0.05) is 13.1 Å². The van der Waals surface area contributed by atoms with Gasteiger partial charge in [-0.3, -0.25) is 0 Å². The van der Waals surface area contributed by atoms with E-state index in [9.17, 15) is 0 Å². The third kappa shape index (κ3) is 19.7. The summed E-state index contributed by atoms with van der Waals surface area (Å²) in [5.41, 5.74) is 0. The Hall–Kier alpha value is -0.460. The molecule has 0 rings (SSSR count). The van der Waals surface area contributed by atoms with E-state index in [2.05, 4.69) is 37.9 Å². The van der Waals surface area contributed by atoms with Crippen LogP contribution in [0.1, 0.15) is 130 Å². The Morgan fingerprint density at radius 3 is 1.36 bits per heavy atom. The second-order valence-corrected chi connectivity index (χ2v) is 7.81. The molecule has 0 N–H and O–H groups in total. The van der Waals surface area contributed by atoms with Crippen LogP contribution in [0.4, 0.5) is 0 Å². The number of hydrogen-bond acceptors (Lipinski definition) is 1. The molecule has 0 saturated carbocycles. The van der Waals surface area contributed by atoms with Crippen molar-refractivity contribution < 1.29 is 0 Å². The molecule has 25 heavy (non-hydrogen) atoms. The van der Waals surface area contributed by atoms with Crippen LogP contribution < -0.4 is 0 Å². The second-order valence-electron chi connectivity index (χ2n) is 7.81. The zero-order valence-corrected chi connectivity index (χ0v) is 18.0. The summed E-state index contributed by atoms with van der Waals surface area (Å²) in [6, 6.07) is 0. The van der Waals surface area contributed by atoms with E-state index in [4.69, 9.17) is 0 Å². The fraction of sp³-hybridized carbons (Fsp3) is 0.917. The number of nitrogens with zero attached hydrogens (tertiary/aromatic N) is 1. The maximum Gasteiger partial charge on any atom is 0.0172 e. The lowest BCUT2D eigenvalue weighted by Gasteiger charge is -2.20. The minimum atomic E-state index is 1.27.